The van der Waals surface area contributed by atoms with Gasteiger partial charge < -0.3 is 5.11 Å². The Bertz CT molecular complexity index is 605. The van der Waals surface area contributed by atoms with E-state index in [-0.39, 0.29) is 6.10 Å². The lowest BCUT2D eigenvalue weighted by Gasteiger charge is -2.19. The summed E-state index contributed by atoms with van der Waals surface area (Å²) in [5.74, 6) is 1.40. The molecule has 0 bridgehead atoms. The van der Waals surface area contributed by atoms with Crippen molar-refractivity contribution in [3.63, 3.8) is 0 Å². The molecule has 0 spiro atoms. The van der Waals surface area contributed by atoms with Gasteiger partial charge in [0.15, 0.2) is 0 Å². The van der Waals surface area contributed by atoms with Crippen molar-refractivity contribution < 1.29 is 5.11 Å². The highest BCUT2D eigenvalue weighted by Gasteiger charge is 2.32. The number of hydrogen-bond acceptors (Lipinski definition) is 3. The first kappa shape index (κ1) is 13.8. The predicted octanol–water partition coefficient (Wildman–Crippen LogP) is 4.67. The summed E-state index contributed by atoms with van der Waals surface area (Å²) in [4.78, 5) is 6.86. The molecule has 4 heteroatoms. The number of aromatic nitrogens is 2. The van der Waals surface area contributed by atoms with Gasteiger partial charge in [-0.05, 0) is 31.1 Å². The van der Waals surface area contributed by atoms with Crippen LogP contribution in [0, 0.1) is 5.92 Å². The van der Waals surface area contributed by atoms with Crippen LogP contribution >= 0.6 is 11.3 Å². The molecular formula is C17H24N2OS. The zero-order chi connectivity index (χ0) is 14.2. The highest BCUT2D eigenvalue weighted by molar-refractivity contribution is 7.17. The summed E-state index contributed by atoms with van der Waals surface area (Å²) in [5.41, 5.74) is 1.15. The van der Waals surface area contributed by atoms with Gasteiger partial charge in [-0.3, -0.25) is 4.40 Å². The number of nitrogens with zero attached hydrogens (tertiary/aromatic N) is 2. The Morgan fingerprint density at radius 2 is 1.95 bits per heavy atom. The Morgan fingerprint density at radius 3 is 2.67 bits per heavy atom. The fourth-order valence-electron chi connectivity index (χ4n) is 3.81. The molecule has 2 aliphatic carbocycles. The third-order valence-electron chi connectivity index (χ3n) is 5.13. The first-order valence-corrected chi connectivity index (χ1v) is 9.27. The molecule has 0 unspecified atom stereocenters. The van der Waals surface area contributed by atoms with Crippen molar-refractivity contribution >= 4 is 16.2 Å². The monoisotopic (exact) mass is 304 g/mol. The van der Waals surface area contributed by atoms with E-state index < -0.39 is 0 Å². The minimum absolute atomic E-state index is 0.313. The lowest BCUT2D eigenvalue weighted by molar-refractivity contribution is 0.133. The van der Waals surface area contributed by atoms with E-state index in [1.54, 1.807) is 0 Å². The topological polar surface area (TPSA) is 37.5 Å². The Balaban J connectivity index is 1.58. The van der Waals surface area contributed by atoms with E-state index in [1.807, 2.05) is 23.9 Å². The highest BCUT2D eigenvalue weighted by atomic mass is 32.1. The Hall–Kier alpha value is -0.870. The fourth-order valence-corrected chi connectivity index (χ4v) is 5.14. The van der Waals surface area contributed by atoms with Crippen LogP contribution in [0.15, 0.2) is 12.5 Å². The molecule has 2 aromatic rings. The molecule has 21 heavy (non-hydrogen) atoms. The van der Waals surface area contributed by atoms with Gasteiger partial charge in [0.2, 0.25) is 0 Å². The van der Waals surface area contributed by atoms with Gasteiger partial charge in [-0.1, -0.05) is 38.5 Å². The zero-order valence-corrected chi connectivity index (χ0v) is 13.3. The van der Waals surface area contributed by atoms with Gasteiger partial charge in [0.05, 0.1) is 18.0 Å². The molecule has 1 atom stereocenters. The molecule has 2 aliphatic rings. The Morgan fingerprint density at radius 1 is 1.19 bits per heavy atom. The average molecular weight is 304 g/mol. The van der Waals surface area contributed by atoms with E-state index in [2.05, 4.69) is 9.38 Å². The van der Waals surface area contributed by atoms with E-state index in [0.29, 0.717) is 11.8 Å². The lowest BCUT2D eigenvalue weighted by Crippen LogP contribution is -2.10. The number of thiazole rings is 1. The second-order valence-corrected chi connectivity index (χ2v) is 7.90. The van der Waals surface area contributed by atoms with Gasteiger partial charge >= 0.3 is 0 Å². The van der Waals surface area contributed by atoms with Crippen LogP contribution in [0.2, 0.25) is 0 Å². The Labute approximate surface area is 130 Å². The van der Waals surface area contributed by atoms with E-state index in [1.165, 1.54) is 61.1 Å². The van der Waals surface area contributed by atoms with Gasteiger partial charge in [-0.2, -0.15) is 0 Å². The number of hydrogen-bond donors (Lipinski definition) is 1. The van der Waals surface area contributed by atoms with Crippen molar-refractivity contribution in [1.82, 2.24) is 9.38 Å². The summed E-state index contributed by atoms with van der Waals surface area (Å²) in [7, 11) is 0. The fraction of sp³-hybridized carbons (Fsp3) is 0.706. The molecule has 1 N–H and O–H groups in total. The quantitative estimate of drug-likeness (QED) is 0.834. The van der Waals surface area contributed by atoms with Crippen LogP contribution in [0.3, 0.4) is 0 Å². The predicted molar refractivity (Wildman–Crippen MR) is 85.8 cm³/mol. The van der Waals surface area contributed by atoms with Crippen LogP contribution < -0.4 is 0 Å². The number of fused-ring (bicyclic) bond motifs is 1. The van der Waals surface area contributed by atoms with Gasteiger partial charge in [0.25, 0.3) is 0 Å². The Kier molecular flexibility index (Phi) is 3.76. The molecule has 2 fully saturated rings. The second-order valence-electron chi connectivity index (χ2n) is 6.84. The van der Waals surface area contributed by atoms with Gasteiger partial charge in [-0.25, -0.2) is 4.98 Å². The SMILES string of the molecule is O[C@@H](CC1CCCCCC1)c1c(C2CC2)sc2cncn12. The maximum Gasteiger partial charge on any atom is 0.120 e. The minimum atomic E-state index is -0.313. The number of imidazole rings is 1. The number of aliphatic hydroxyl groups is 1. The molecule has 3 nitrogen and oxygen atoms in total. The van der Waals surface area contributed by atoms with Gasteiger partial charge in [0.1, 0.15) is 11.2 Å². The first-order valence-electron chi connectivity index (χ1n) is 8.45. The van der Waals surface area contributed by atoms with Gasteiger partial charge in [0, 0.05) is 4.88 Å². The molecule has 114 valence electrons. The normalized spacial score (nSPS) is 22.5. The third-order valence-corrected chi connectivity index (χ3v) is 6.40. The lowest BCUT2D eigenvalue weighted by atomic mass is 9.92. The summed E-state index contributed by atoms with van der Waals surface area (Å²) in [6.45, 7) is 0. The van der Waals surface area contributed by atoms with Crippen LogP contribution in [-0.4, -0.2) is 14.5 Å². The summed E-state index contributed by atoms with van der Waals surface area (Å²) >= 11 is 1.84. The van der Waals surface area contributed by atoms with Crippen LogP contribution in [-0.2, 0) is 0 Å². The smallest absolute Gasteiger partial charge is 0.120 e. The zero-order valence-electron chi connectivity index (χ0n) is 12.5. The van der Waals surface area contributed by atoms with Crippen molar-refractivity contribution in [3.05, 3.63) is 23.1 Å². The average Bonchev–Trinajstić information content (AvgIpc) is 3.17. The van der Waals surface area contributed by atoms with Crippen molar-refractivity contribution in [2.75, 3.05) is 0 Å². The molecular weight excluding hydrogens is 280 g/mol. The number of aliphatic hydroxyl groups excluding tert-OH is 1. The van der Waals surface area contributed by atoms with E-state index in [0.717, 1.165) is 12.1 Å². The van der Waals surface area contributed by atoms with E-state index in [9.17, 15) is 5.11 Å². The number of rotatable bonds is 4. The molecule has 2 heterocycles. The molecule has 0 saturated heterocycles. The minimum Gasteiger partial charge on any atom is -0.387 e. The molecule has 0 amide bonds. The molecule has 4 rings (SSSR count). The molecule has 2 aromatic heterocycles. The van der Waals surface area contributed by atoms with Crippen LogP contribution in [0.1, 0.15) is 80.4 Å². The maximum atomic E-state index is 10.9. The summed E-state index contributed by atoms with van der Waals surface area (Å²) < 4.78 is 2.14. The van der Waals surface area contributed by atoms with Crippen molar-refractivity contribution in [1.29, 1.82) is 0 Å². The standard InChI is InChI=1S/C17H24N2OS/c20-14(9-12-5-3-1-2-4-6-12)16-17(13-7-8-13)21-15-10-18-11-19(15)16/h10-14,20H,1-9H2/t14-/m0/s1. The molecule has 0 aliphatic heterocycles. The third kappa shape index (κ3) is 2.76. The van der Waals surface area contributed by atoms with Crippen molar-refractivity contribution in [2.24, 2.45) is 5.92 Å². The molecule has 2 saturated carbocycles. The van der Waals surface area contributed by atoms with Crippen LogP contribution in [0.25, 0.3) is 4.83 Å². The van der Waals surface area contributed by atoms with Crippen LogP contribution in [0.5, 0.6) is 0 Å². The first-order chi connectivity index (χ1) is 10.3. The van der Waals surface area contributed by atoms with Crippen molar-refractivity contribution in [2.45, 2.75) is 69.8 Å². The highest BCUT2D eigenvalue weighted by Crippen LogP contribution is 2.48. The summed E-state index contributed by atoms with van der Waals surface area (Å²) in [5, 5.41) is 10.9. The van der Waals surface area contributed by atoms with Crippen molar-refractivity contribution in [3.8, 4) is 0 Å². The van der Waals surface area contributed by atoms with Crippen LogP contribution in [0.4, 0.5) is 0 Å². The van der Waals surface area contributed by atoms with Gasteiger partial charge in [-0.15, -0.1) is 11.3 Å². The molecule has 0 aromatic carbocycles. The molecule has 0 radical (unpaired) electrons. The van der Waals surface area contributed by atoms with E-state index in [4.69, 9.17) is 0 Å². The largest absolute Gasteiger partial charge is 0.387 e. The van der Waals surface area contributed by atoms with E-state index >= 15 is 0 Å². The maximum absolute atomic E-state index is 10.9. The summed E-state index contributed by atoms with van der Waals surface area (Å²) in [6, 6.07) is 0. The summed E-state index contributed by atoms with van der Waals surface area (Å²) in [6.07, 6.45) is 15.1. The second kappa shape index (κ2) is 5.73.